The molecule has 0 radical (unpaired) electrons. The third-order valence-electron chi connectivity index (χ3n) is 3.82. The van der Waals surface area contributed by atoms with Gasteiger partial charge in [-0.05, 0) is 33.1 Å². The van der Waals surface area contributed by atoms with Crippen LogP contribution in [0, 0.1) is 0 Å². The molecule has 0 spiro atoms. The van der Waals surface area contributed by atoms with Gasteiger partial charge in [0, 0.05) is 24.7 Å². The summed E-state index contributed by atoms with van der Waals surface area (Å²) in [5.74, 6) is 0.0881. The summed E-state index contributed by atoms with van der Waals surface area (Å²) >= 11 is 0. The maximum Gasteiger partial charge on any atom is 0.239 e. The molecule has 3 unspecified atom stereocenters. The molecule has 5 nitrogen and oxygen atoms in total. The zero-order chi connectivity index (χ0) is 13.1. The predicted octanol–water partition coefficient (Wildman–Crippen LogP) is 0.0916. The van der Waals surface area contributed by atoms with Gasteiger partial charge < -0.3 is 15.8 Å². The molecule has 1 aliphatic heterocycles. The number of rotatable bonds is 3. The molecule has 3 N–H and O–H groups in total. The number of nitrogens with two attached hydrogens (primary N) is 1. The van der Waals surface area contributed by atoms with E-state index in [-0.39, 0.29) is 18.0 Å². The Kier molecular flexibility index (Phi) is 4.59. The third kappa shape index (κ3) is 3.22. The highest BCUT2D eigenvalue weighted by Crippen LogP contribution is 2.26. The van der Waals surface area contributed by atoms with Gasteiger partial charge in [-0.3, -0.25) is 9.69 Å². The summed E-state index contributed by atoms with van der Waals surface area (Å²) in [6.07, 6.45) is 3.18. The average molecular weight is 255 g/mol. The molecule has 1 saturated carbocycles. The Balaban J connectivity index is 1.99. The van der Waals surface area contributed by atoms with Gasteiger partial charge in [-0.15, -0.1) is 0 Å². The van der Waals surface area contributed by atoms with Crippen molar-refractivity contribution in [1.29, 1.82) is 0 Å². The van der Waals surface area contributed by atoms with Crippen LogP contribution in [0.5, 0.6) is 0 Å². The number of nitrogens with one attached hydrogen (secondary N) is 1. The highest BCUT2D eigenvalue weighted by molar-refractivity contribution is 5.82. The lowest BCUT2D eigenvalue weighted by molar-refractivity contribution is -0.135. The van der Waals surface area contributed by atoms with Gasteiger partial charge in [-0.2, -0.15) is 0 Å². The lowest BCUT2D eigenvalue weighted by Crippen LogP contribution is -2.57. The smallest absolute Gasteiger partial charge is 0.239 e. The molecule has 1 amide bonds. The predicted molar refractivity (Wildman–Crippen MR) is 70.2 cm³/mol. The summed E-state index contributed by atoms with van der Waals surface area (Å²) in [6.45, 7) is 6.03. The van der Waals surface area contributed by atoms with Crippen molar-refractivity contribution in [1.82, 2.24) is 10.2 Å². The molecule has 5 heteroatoms. The van der Waals surface area contributed by atoms with E-state index in [1.165, 1.54) is 0 Å². The third-order valence-corrected chi connectivity index (χ3v) is 3.82. The summed E-state index contributed by atoms with van der Waals surface area (Å²) in [7, 11) is 0. The van der Waals surface area contributed by atoms with Crippen LogP contribution in [-0.4, -0.2) is 54.7 Å². The zero-order valence-electron chi connectivity index (χ0n) is 11.4. The van der Waals surface area contributed by atoms with Crippen molar-refractivity contribution in [3.63, 3.8) is 0 Å². The van der Waals surface area contributed by atoms with E-state index in [0.29, 0.717) is 18.7 Å². The van der Waals surface area contributed by atoms with Crippen LogP contribution in [0.3, 0.4) is 0 Å². The monoisotopic (exact) mass is 255 g/mol. The van der Waals surface area contributed by atoms with E-state index < -0.39 is 0 Å². The fourth-order valence-electron chi connectivity index (χ4n) is 2.95. The second-order valence-electron chi connectivity index (χ2n) is 5.72. The SMILES string of the molecule is CC(C)NC(=O)C1COCCN1C1CCC(N)C1. The van der Waals surface area contributed by atoms with Gasteiger partial charge in [-0.1, -0.05) is 0 Å². The second-order valence-corrected chi connectivity index (χ2v) is 5.72. The largest absolute Gasteiger partial charge is 0.378 e. The Morgan fingerprint density at radius 2 is 2.22 bits per heavy atom. The summed E-state index contributed by atoms with van der Waals surface area (Å²) in [6, 6.07) is 0.780. The van der Waals surface area contributed by atoms with Crippen LogP contribution in [0.4, 0.5) is 0 Å². The van der Waals surface area contributed by atoms with Crippen molar-refractivity contribution >= 4 is 5.91 Å². The van der Waals surface area contributed by atoms with Crippen LogP contribution >= 0.6 is 0 Å². The summed E-state index contributed by atoms with van der Waals surface area (Å²) in [5.41, 5.74) is 5.98. The lowest BCUT2D eigenvalue weighted by Gasteiger charge is -2.39. The zero-order valence-corrected chi connectivity index (χ0v) is 11.4. The fraction of sp³-hybridized carbons (Fsp3) is 0.923. The second kappa shape index (κ2) is 5.99. The molecule has 1 aliphatic carbocycles. The normalized spacial score (nSPS) is 33.9. The van der Waals surface area contributed by atoms with Gasteiger partial charge in [0.2, 0.25) is 5.91 Å². The molecular weight excluding hydrogens is 230 g/mol. The Labute approximate surface area is 109 Å². The van der Waals surface area contributed by atoms with E-state index in [0.717, 1.165) is 32.4 Å². The first-order valence-corrected chi connectivity index (χ1v) is 6.97. The van der Waals surface area contributed by atoms with Crippen LogP contribution in [0.1, 0.15) is 33.1 Å². The standard InChI is InChI=1S/C13H25N3O2/c1-9(2)15-13(17)12-8-18-6-5-16(12)11-4-3-10(14)7-11/h9-12H,3-8,14H2,1-2H3,(H,15,17). The Morgan fingerprint density at radius 1 is 1.44 bits per heavy atom. The first kappa shape index (κ1) is 13.8. The van der Waals surface area contributed by atoms with E-state index in [9.17, 15) is 4.79 Å². The van der Waals surface area contributed by atoms with Crippen LogP contribution in [-0.2, 0) is 9.53 Å². The number of hydrogen-bond donors (Lipinski definition) is 2. The molecule has 0 bridgehead atoms. The highest BCUT2D eigenvalue weighted by Gasteiger charge is 2.37. The van der Waals surface area contributed by atoms with Gasteiger partial charge in [0.25, 0.3) is 0 Å². The van der Waals surface area contributed by atoms with Crippen molar-refractivity contribution < 1.29 is 9.53 Å². The van der Waals surface area contributed by atoms with E-state index in [1.54, 1.807) is 0 Å². The molecule has 2 rings (SSSR count). The number of amides is 1. The number of carbonyl (C=O) groups is 1. The molecule has 18 heavy (non-hydrogen) atoms. The van der Waals surface area contributed by atoms with E-state index in [1.807, 2.05) is 13.8 Å². The molecule has 1 heterocycles. The summed E-state index contributed by atoms with van der Waals surface area (Å²) in [5, 5.41) is 2.99. The minimum Gasteiger partial charge on any atom is -0.378 e. The Morgan fingerprint density at radius 3 is 2.83 bits per heavy atom. The number of hydrogen-bond acceptors (Lipinski definition) is 4. The molecule has 0 aromatic rings. The Bertz CT molecular complexity index is 296. The minimum absolute atomic E-state index is 0.0881. The molecule has 0 aromatic carbocycles. The minimum atomic E-state index is -0.142. The van der Waals surface area contributed by atoms with Crippen molar-refractivity contribution in [2.45, 2.75) is 57.3 Å². The van der Waals surface area contributed by atoms with E-state index in [2.05, 4.69) is 10.2 Å². The molecule has 104 valence electrons. The lowest BCUT2D eigenvalue weighted by atomic mass is 10.1. The molecular formula is C13H25N3O2. The highest BCUT2D eigenvalue weighted by atomic mass is 16.5. The number of carbonyl (C=O) groups excluding carboxylic acids is 1. The van der Waals surface area contributed by atoms with Crippen molar-refractivity contribution in [3.05, 3.63) is 0 Å². The van der Waals surface area contributed by atoms with Crippen molar-refractivity contribution in [2.75, 3.05) is 19.8 Å². The number of nitrogens with zero attached hydrogens (tertiary/aromatic N) is 1. The molecule has 3 atom stereocenters. The molecule has 2 fully saturated rings. The number of ether oxygens (including phenoxy) is 1. The summed E-state index contributed by atoms with van der Waals surface area (Å²) < 4.78 is 5.47. The van der Waals surface area contributed by atoms with Gasteiger partial charge >= 0.3 is 0 Å². The van der Waals surface area contributed by atoms with E-state index >= 15 is 0 Å². The quantitative estimate of drug-likeness (QED) is 0.750. The van der Waals surface area contributed by atoms with Crippen LogP contribution in [0.2, 0.25) is 0 Å². The van der Waals surface area contributed by atoms with Gasteiger partial charge in [0.15, 0.2) is 0 Å². The van der Waals surface area contributed by atoms with Crippen LogP contribution in [0.15, 0.2) is 0 Å². The number of morpholine rings is 1. The topological polar surface area (TPSA) is 67.6 Å². The molecule has 2 aliphatic rings. The van der Waals surface area contributed by atoms with Crippen molar-refractivity contribution in [2.24, 2.45) is 5.73 Å². The fourth-order valence-corrected chi connectivity index (χ4v) is 2.95. The Hall–Kier alpha value is -0.650. The van der Waals surface area contributed by atoms with Gasteiger partial charge in [-0.25, -0.2) is 0 Å². The maximum atomic E-state index is 12.2. The van der Waals surface area contributed by atoms with E-state index in [4.69, 9.17) is 10.5 Å². The van der Waals surface area contributed by atoms with Crippen LogP contribution in [0.25, 0.3) is 0 Å². The maximum absolute atomic E-state index is 12.2. The first-order valence-electron chi connectivity index (χ1n) is 6.97. The van der Waals surface area contributed by atoms with Crippen LogP contribution < -0.4 is 11.1 Å². The molecule has 1 saturated heterocycles. The first-order chi connectivity index (χ1) is 8.58. The van der Waals surface area contributed by atoms with Crippen molar-refractivity contribution in [3.8, 4) is 0 Å². The van der Waals surface area contributed by atoms with Gasteiger partial charge in [0.1, 0.15) is 6.04 Å². The van der Waals surface area contributed by atoms with Gasteiger partial charge in [0.05, 0.1) is 13.2 Å². The average Bonchev–Trinajstić information content (AvgIpc) is 2.75. The summed E-state index contributed by atoms with van der Waals surface area (Å²) in [4.78, 5) is 14.5. The molecule has 0 aromatic heterocycles.